The quantitative estimate of drug-likeness (QED) is 0.773. The predicted molar refractivity (Wildman–Crippen MR) is 95.4 cm³/mol. The lowest BCUT2D eigenvalue weighted by atomic mass is 10.0. The van der Waals surface area contributed by atoms with Crippen molar-refractivity contribution in [3.05, 3.63) is 48.2 Å². The third kappa shape index (κ3) is 3.06. The lowest BCUT2D eigenvalue weighted by molar-refractivity contribution is 0.0997. The van der Waals surface area contributed by atoms with Crippen molar-refractivity contribution in [1.82, 2.24) is 4.98 Å². The van der Waals surface area contributed by atoms with Crippen LogP contribution in [0.5, 0.6) is 17.2 Å². The Balaban J connectivity index is 2.13. The summed E-state index contributed by atoms with van der Waals surface area (Å²) in [4.78, 5) is 16.1. The molecule has 3 aromatic rings. The maximum Gasteiger partial charge on any atom is 0.252 e. The molecule has 6 heteroatoms. The van der Waals surface area contributed by atoms with Crippen LogP contribution in [0.4, 0.5) is 0 Å². The van der Waals surface area contributed by atoms with Crippen LogP contribution in [-0.2, 0) is 0 Å². The fourth-order valence-electron chi connectivity index (χ4n) is 2.69. The molecule has 0 atom stereocenters. The number of ether oxygens (including phenoxy) is 3. The average Bonchev–Trinajstić information content (AvgIpc) is 2.65. The molecule has 0 aliphatic carbocycles. The van der Waals surface area contributed by atoms with Crippen LogP contribution in [0, 0.1) is 0 Å². The SMILES string of the molecule is COc1cc2cc(-c3ccc(OC)c(C(N)=O)c3)cnc2cc1OC. The molecule has 0 fully saturated rings. The van der Waals surface area contributed by atoms with E-state index in [9.17, 15) is 4.79 Å². The topological polar surface area (TPSA) is 83.7 Å². The van der Waals surface area contributed by atoms with Gasteiger partial charge in [0.25, 0.3) is 5.91 Å². The summed E-state index contributed by atoms with van der Waals surface area (Å²) in [6.45, 7) is 0. The Morgan fingerprint density at radius 1 is 0.880 bits per heavy atom. The van der Waals surface area contributed by atoms with Gasteiger partial charge in [0.05, 0.1) is 32.4 Å². The number of rotatable bonds is 5. The second kappa shape index (κ2) is 6.68. The fourth-order valence-corrected chi connectivity index (χ4v) is 2.69. The molecule has 128 valence electrons. The van der Waals surface area contributed by atoms with Gasteiger partial charge in [-0.3, -0.25) is 9.78 Å². The molecule has 0 spiro atoms. The third-order valence-corrected chi connectivity index (χ3v) is 3.98. The van der Waals surface area contributed by atoms with E-state index >= 15 is 0 Å². The van der Waals surface area contributed by atoms with Gasteiger partial charge in [0.2, 0.25) is 0 Å². The molecule has 0 bridgehead atoms. The molecule has 6 nitrogen and oxygen atoms in total. The molecule has 2 N–H and O–H groups in total. The molecule has 2 aromatic carbocycles. The van der Waals surface area contributed by atoms with Gasteiger partial charge in [-0.1, -0.05) is 6.07 Å². The zero-order valence-corrected chi connectivity index (χ0v) is 14.2. The Bertz CT molecular complexity index is 954. The number of pyridine rings is 1. The van der Waals surface area contributed by atoms with Gasteiger partial charge in [-0.05, 0) is 29.8 Å². The fraction of sp³-hybridized carbons (Fsp3) is 0.158. The van der Waals surface area contributed by atoms with E-state index in [1.807, 2.05) is 24.3 Å². The highest BCUT2D eigenvalue weighted by Crippen LogP contribution is 2.33. The maximum absolute atomic E-state index is 11.6. The predicted octanol–water partition coefficient (Wildman–Crippen LogP) is 3.03. The van der Waals surface area contributed by atoms with Crippen LogP contribution in [0.1, 0.15) is 10.4 Å². The van der Waals surface area contributed by atoms with Gasteiger partial charge in [0.15, 0.2) is 11.5 Å². The van der Waals surface area contributed by atoms with Crippen molar-refractivity contribution in [2.24, 2.45) is 5.73 Å². The van der Waals surface area contributed by atoms with Gasteiger partial charge in [-0.25, -0.2) is 0 Å². The lowest BCUT2D eigenvalue weighted by Crippen LogP contribution is -2.12. The Morgan fingerprint density at radius 3 is 2.20 bits per heavy atom. The number of primary amides is 1. The summed E-state index contributed by atoms with van der Waals surface area (Å²) < 4.78 is 15.8. The summed E-state index contributed by atoms with van der Waals surface area (Å²) in [5.74, 6) is 1.15. The van der Waals surface area contributed by atoms with Crippen molar-refractivity contribution in [3.63, 3.8) is 0 Å². The van der Waals surface area contributed by atoms with Crippen molar-refractivity contribution in [2.45, 2.75) is 0 Å². The minimum absolute atomic E-state index is 0.326. The molecule has 0 aliphatic rings. The summed E-state index contributed by atoms with van der Waals surface area (Å²) in [7, 11) is 4.67. The first kappa shape index (κ1) is 16.6. The molecular formula is C19H18N2O4. The zero-order valence-electron chi connectivity index (χ0n) is 14.2. The van der Waals surface area contributed by atoms with E-state index in [0.29, 0.717) is 22.8 Å². The molecule has 1 aromatic heterocycles. The first-order valence-corrected chi connectivity index (χ1v) is 7.57. The van der Waals surface area contributed by atoms with Crippen LogP contribution in [-0.4, -0.2) is 32.2 Å². The maximum atomic E-state index is 11.6. The van der Waals surface area contributed by atoms with Crippen molar-refractivity contribution >= 4 is 16.8 Å². The Labute approximate surface area is 145 Å². The molecule has 3 rings (SSSR count). The van der Waals surface area contributed by atoms with Crippen LogP contribution in [0.3, 0.4) is 0 Å². The summed E-state index contributed by atoms with van der Waals surface area (Å²) in [5.41, 5.74) is 8.21. The molecule has 1 amide bonds. The second-order valence-corrected chi connectivity index (χ2v) is 5.40. The molecule has 0 unspecified atom stereocenters. The van der Waals surface area contributed by atoms with Crippen LogP contribution in [0.15, 0.2) is 42.6 Å². The molecule has 0 radical (unpaired) electrons. The standard InChI is InChI=1S/C19H18N2O4/c1-23-16-5-4-11(7-14(16)19(20)22)13-6-12-8-17(24-2)18(25-3)9-15(12)21-10-13/h4-10H,1-3H3,(H2,20,22). The summed E-state index contributed by atoms with van der Waals surface area (Å²) in [5, 5.41) is 0.895. The Morgan fingerprint density at radius 2 is 1.56 bits per heavy atom. The van der Waals surface area contributed by atoms with Crippen LogP contribution < -0.4 is 19.9 Å². The highest BCUT2D eigenvalue weighted by Gasteiger charge is 2.12. The minimum Gasteiger partial charge on any atom is -0.496 e. The van der Waals surface area contributed by atoms with Gasteiger partial charge in [0.1, 0.15) is 5.75 Å². The monoisotopic (exact) mass is 338 g/mol. The number of aromatic nitrogens is 1. The van der Waals surface area contributed by atoms with Crippen LogP contribution in [0.25, 0.3) is 22.0 Å². The lowest BCUT2D eigenvalue weighted by Gasteiger charge is -2.11. The second-order valence-electron chi connectivity index (χ2n) is 5.40. The van der Waals surface area contributed by atoms with E-state index < -0.39 is 5.91 Å². The van der Waals surface area contributed by atoms with E-state index in [2.05, 4.69) is 4.98 Å². The molecule has 0 saturated heterocycles. The van der Waals surface area contributed by atoms with E-state index in [-0.39, 0.29) is 0 Å². The molecule has 0 saturated carbocycles. The van der Waals surface area contributed by atoms with Gasteiger partial charge in [-0.2, -0.15) is 0 Å². The number of nitrogens with zero attached hydrogens (tertiary/aromatic N) is 1. The highest BCUT2D eigenvalue weighted by atomic mass is 16.5. The number of carbonyl (C=O) groups excluding carboxylic acids is 1. The first-order chi connectivity index (χ1) is 12.1. The van der Waals surface area contributed by atoms with Crippen molar-refractivity contribution < 1.29 is 19.0 Å². The van der Waals surface area contributed by atoms with Gasteiger partial charge in [0, 0.05) is 23.2 Å². The number of nitrogens with two attached hydrogens (primary N) is 1. The van der Waals surface area contributed by atoms with Gasteiger partial charge in [-0.15, -0.1) is 0 Å². The molecule has 25 heavy (non-hydrogen) atoms. The average molecular weight is 338 g/mol. The molecular weight excluding hydrogens is 320 g/mol. The normalized spacial score (nSPS) is 10.5. The number of carbonyl (C=O) groups is 1. The number of hydrogen-bond acceptors (Lipinski definition) is 5. The smallest absolute Gasteiger partial charge is 0.252 e. The number of fused-ring (bicyclic) bond motifs is 1. The van der Waals surface area contributed by atoms with Crippen LogP contribution in [0.2, 0.25) is 0 Å². The number of methoxy groups -OCH3 is 3. The zero-order chi connectivity index (χ0) is 18.0. The largest absolute Gasteiger partial charge is 0.496 e. The van der Waals surface area contributed by atoms with Crippen molar-refractivity contribution in [3.8, 4) is 28.4 Å². The van der Waals surface area contributed by atoms with E-state index in [1.165, 1.54) is 7.11 Å². The van der Waals surface area contributed by atoms with E-state index in [1.54, 1.807) is 32.5 Å². The summed E-state index contributed by atoms with van der Waals surface area (Å²) in [6, 6.07) is 10.9. The van der Waals surface area contributed by atoms with E-state index in [4.69, 9.17) is 19.9 Å². The highest BCUT2D eigenvalue weighted by molar-refractivity contribution is 5.97. The third-order valence-electron chi connectivity index (χ3n) is 3.98. The van der Waals surface area contributed by atoms with Crippen molar-refractivity contribution in [1.29, 1.82) is 0 Å². The summed E-state index contributed by atoms with van der Waals surface area (Å²) in [6.07, 6.45) is 1.74. The molecule has 0 aliphatic heterocycles. The van der Waals surface area contributed by atoms with Gasteiger partial charge < -0.3 is 19.9 Å². The Hall–Kier alpha value is -3.28. The number of hydrogen-bond donors (Lipinski definition) is 1. The Kier molecular flexibility index (Phi) is 4.43. The number of amides is 1. The minimum atomic E-state index is -0.543. The number of benzene rings is 2. The van der Waals surface area contributed by atoms with Crippen molar-refractivity contribution in [2.75, 3.05) is 21.3 Å². The first-order valence-electron chi connectivity index (χ1n) is 7.57. The molecule has 1 heterocycles. The van der Waals surface area contributed by atoms with E-state index in [0.717, 1.165) is 22.0 Å². The summed E-state index contributed by atoms with van der Waals surface area (Å²) >= 11 is 0. The van der Waals surface area contributed by atoms with Crippen LogP contribution >= 0.6 is 0 Å². The van der Waals surface area contributed by atoms with Gasteiger partial charge >= 0.3 is 0 Å².